The van der Waals surface area contributed by atoms with E-state index in [2.05, 4.69) is 10.5 Å². The number of hydrogen-bond donors (Lipinski definition) is 1. The van der Waals surface area contributed by atoms with Gasteiger partial charge in [0.25, 0.3) is 0 Å². The van der Waals surface area contributed by atoms with E-state index in [9.17, 15) is 0 Å². The average Bonchev–Trinajstić information content (AvgIpc) is 2.58. The molecule has 0 bridgehead atoms. The minimum Gasteiger partial charge on any atom is -0.493 e. The maximum atomic E-state index is 5.31. The Morgan fingerprint density at radius 2 is 1.59 bits per heavy atom. The van der Waals surface area contributed by atoms with E-state index >= 15 is 0 Å². The molecule has 116 valence electrons. The Balaban J connectivity index is 2.07. The zero-order chi connectivity index (χ0) is 15.8. The van der Waals surface area contributed by atoms with Crippen molar-refractivity contribution in [3.8, 4) is 17.2 Å². The zero-order valence-corrected chi connectivity index (χ0v) is 13.0. The lowest BCUT2D eigenvalue weighted by atomic mass is 10.2. The molecule has 0 aliphatic rings. The van der Waals surface area contributed by atoms with Crippen molar-refractivity contribution in [1.82, 2.24) is 5.43 Å². The first-order chi connectivity index (χ1) is 10.8. The van der Waals surface area contributed by atoms with Crippen LogP contribution in [-0.2, 0) is 6.54 Å². The van der Waals surface area contributed by atoms with Crippen LogP contribution in [0.5, 0.6) is 17.2 Å². The molecule has 22 heavy (non-hydrogen) atoms. The monoisotopic (exact) mass is 300 g/mol. The SMILES string of the molecule is COc1cc(C=NNCc2ccccc2)cc(OC)c1OC. The zero-order valence-electron chi connectivity index (χ0n) is 13.0. The van der Waals surface area contributed by atoms with Crippen molar-refractivity contribution in [2.24, 2.45) is 5.10 Å². The van der Waals surface area contributed by atoms with Crippen molar-refractivity contribution in [1.29, 1.82) is 0 Å². The lowest BCUT2D eigenvalue weighted by molar-refractivity contribution is 0.324. The van der Waals surface area contributed by atoms with Gasteiger partial charge in [-0.05, 0) is 17.7 Å². The van der Waals surface area contributed by atoms with Gasteiger partial charge in [0.05, 0.1) is 34.1 Å². The van der Waals surface area contributed by atoms with E-state index in [0.717, 1.165) is 5.56 Å². The minimum atomic E-state index is 0.569. The minimum absolute atomic E-state index is 0.569. The summed E-state index contributed by atoms with van der Waals surface area (Å²) in [5.41, 5.74) is 5.04. The summed E-state index contributed by atoms with van der Waals surface area (Å²) in [7, 11) is 4.76. The van der Waals surface area contributed by atoms with Gasteiger partial charge in [0, 0.05) is 5.56 Å². The third-order valence-electron chi connectivity index (χ3n) is 3.12. The molecule has 0 aliphatic carbocycles. The van der Waals surface area contributed by atoms with E-state index in [1.165, 1.54) is 5.56 Å². The van der Waals surface area contributed by atoms with Gasteiger partial charge in [-0.3, -0.25) is 0 Å². The molecule has 5 heteroatoms. The Hall–Kier alpha value is -2.69. The van der Waals surface area contributed by atoms with Crippen molar-refractivity contribution in [2.45, 2.75) is 6.54 Å². The summed E-state index contributed by atoms with van der Waals surface area (Å²) in [6.07, 6.45) is 1.72. The van der Waals surface area contributed by atoms with Crippen LogP contribution in [0.1, 0.15) is 11.1 Å². The summed E-state index contributed by atoms with van der Waals surface area (Å²) in [5.74, 6) is 1.78. The molecule has 0 aromatic heterocycles. The molecule has 0 spiro atoms. The number of rotatable bonds is 7. The van der Waals surface area contributed by atoms with Gasteiger partial charge in [-0.1, -0.05) is 30.3 Å². The number of hydrogen-bond acceptors (Lipinski definition) is 5. The first-order valence-corrected chi connectivity index (χ1v) is 6.88. The van der Waals surface area contributed by atoms with Gasteiger partial charge in [-0.2, -0.15) is 5.10 Å². The molecule has 0 fully saturated rings. The molecule has 0 saturated heterocycles. The second-order valence-electron chi connectivity index (χ2n) is 4.54. The summed E-state index contributed by atoms with van der Waals surface area (Å²) in [4.78, 5) is 0. The molecule has 0 amide bonds. The Morgan fingerprint density at radius 3 is 2.14 bits per heavy atom. The third-order valence-corrected chi connectivity index (χ3v) is 3.12. The summed E-state index contributed by atoms with van der Waals surface area (Å²) < 4.78 is 15.9. The fourth-order valence-electron chi connectivity index (χ4n) is 2.03. The first-order valence-electron chi connectivity index (χ1n) is 6.88. The van der Waals surface area contributed by atoms with E-state index in [1.807, 2.05) is 42.5 Å². The summed E-state index contributed by atoms with van der Waals surface area (Å²) in [6.45, 7) is 0.668. The van der Waals surface area contributed by atoms with Crippen LogP contribution in [0.25, 0.3) is 0 Å². The van der Waals surface area contributed by atoms with Crippen molar-refractivity contribution in [3.63, 3.8) is 0 Å². The predicted molar refractivity (Wildman–Crippen MR) is 87.0 cm³/mol. The lowest BCUT2D eigenvalue weighted by Gasteiger charge is -2.12. The van der Waals surface area contributed by atoms with E-state index in [1.54, 1.807) is 27.5 Å². The van der Waals surface area contributed by atoms with Gasteiger partial charge < -0.3 is 19.6 Å². The van der Waals surface area contributed by atoms with Crippen molar-refractivity contribution in [2.75, 3.05) is 21.3 Å². The molecular formula is C17H20N2O3. The number of hydrazone groups is 1. The highest BCUT2D eigenvalue weighted by Gasteiger charge is 2.12. The van der Waals surface area contributed by atoms with Crippen LogP contribution in [0, 0.1) is 0 Å². The summed E-state index contributed by atoms with van der Waals surface area (Å²) >= 11 is 0. The summed E-state index contributed by atoms with van der Waals surface area (Å²) in [5, 5.41) is 4.22. The predicted octanol–water partition coefficient (Wildman–Crippen LogP) is 2.84. The fourth-order valence-corrected chi connectivity index (χ4v) is 2.03. The Bertz CT molecular complexity index is 602. The van der Waals surface area contributed by atoms with Crippen LogP contribution in [0.4, 0.5) is 0 Å². The van der Waals surface area contributed by atoms with Crippen LogP contribution in [0.3, 0.4) is 0 Å². The third kappa shape index (κ3) is 3.91. The molecule has 0 atom stereocenters. The van der Waals surface area contributed by atoms with Gasteiger partial charge in [-0.15, -0.1) is 0 Å². The van der Waals surface area contributed by atoms with Gasteiger partial charge >= 0.3 is 0 Å². The highest BCUT2D eigenvalue weighted by molar-refractivity contribution is 5.82. The molecule has 0 radical (unpaired) electrons. The molecule has 2 aromatic carbocycles. The normalized spacial score (nSPS) is 10.5. The smallest absolute Gasteiger partial charge is 0.203 e. The van der Waals surface area contributed by atoms with Crippen LogP contribution in [0.15, 0.2) is 47.6 Å². The number of benzene rings is 2. The quantitative estimate of drug-likeness (QED) is 0.631. The van der Waals surface area contributed by atoms with Crippen molar-refractivity contribution >= 4 is 6.21 Å². The van der Waals surface area contributed by atoms with Crippen LogP contribution >= 0.6 is 0 Å². The van der Waals surface area contributed by atoms with E-state index in [0.29, 0.717) is 23.8 Å². The number of nitrogens with zero attached hydrogens (tertiary/aromatic N) is 1. The fraction of sp³-hybridized carbons (Fsp3) is 0.235. The van der Waals surface area contributed by atoms with Gasteiger partial charge in [0.1, 0.15) is 0 Å². The molecule has 1 N–H and O–H groups in total. The van der Waals surface area contributed by atoms with E-state index in [-0.39, 0.29) is 0 Å². The Labute approximate surface area is 130 Å². The molecule has 2 aromatic rings. The van der Waals surface area contributed by atoms with Crippen molar-refractivity contribution < 1.29 is 14.2 Å². The van der Waals surface area contributed by atoms with Gasteiger partial charge in [-0.25, -0.2) is 0 Å². The molecular weight excluding hydrogens is 280 g/mol. The van der Waals surface area contributed by atoms with E-state index < -0.39 is 0 Å². The molecule has 0 unspecified atom stereocenters. The maximum Gasteiger partial charge on any atom is 0.203 e. The van der Waals surface area contributed by atoms with Crippen LogP contribution in [-0.4, -0.2) is 27.5 Å². The molecule has 0 aliphatic heterocycles. The maximum absolute atomic E-state index is 5.31. The largest absolute Gasteiger partial charge is 0.493 e. The van der Waals surface area contributed by atoms with Crippen LogP contribution < -0.4 is 19.6 Å². The highest BCUT2D eigenvalue weighted by Crippen LogP contribution is 2.37. The second-order valence-corrected chi connectivity index (χ2v) is 4.54. The van der Waals surface area contributed by atoms with Gasteiger partial charge in [0.2, 0.25) is 5.75 Å². The second kappa shape index (κ2) is 7.93. The summed E-state index contributed by atoms with van der Waals surface area (Å²) in [6, 6.07) is 13.8. The first kappa shape index (κ1) is 15.7. The van der Waals surface area contributed by atoms with E-state index in [4.69, 9.17) is 14.2 Å². The lowest BCUT2D eigenvalue weighted by Crippen LogP contribution is -2.05. The molecule has 2 rings (SSSR count). The molecule has 0 heterocycles. The van der Waals surface area contributed by atoms with Crippen molar-refractivity contribution in [3.05, 3.63) is 53.6 Å². The Kier molecular flexibility index (Phi) is 5.65. The Morgan fingerprint density at radius 1 is 0.955 bits per heavy atom. The highest BCUT2D eigenvalue weighted by atomic mass is 16.5. The average molecular weight is 300 g/mol. The topological polar surface area (TPSA) is 52.1 Å². The number of ether oxygens (including phenoxy) is 3. The number of nitrogens with one attached hydrogen (secondary N) is 1. The van der Waals surface area contributed by atoms with Crippen LogP contribution in [0.2, 0.25) is 0 Å². The number of methoxy groups -OCH3 is 3. The van der Waals surface area contributed by atoms with Gasteiger partial charge in [0.15, 0.2) is 11.5 Å². The molecule has 0 saturated carbocycles. The molecule has 5 nitrogen and oxygen atoms in total. The standard InChI is InChI=1S/C17H20N2O3/c1-20-15-9-14(10-16(21-2)17(15)22-3)12-19-18-11-13-7-5-4-6-8-13/h4-10,12,18H,11H2,1-3H3.